The van der Waals surface area contributed by atoms with Crippen molar-refractivity contribution in [3.63, 3.8) is 0 Å². The Kier molecular flexibility index (Phi) is 3.42. The molecule has 0 fully saturated rings. The quantitative estimate of drug-likeness (QED) is 0.476. The molecule has 0 atom stereocenters. The Morgan fingerprint density at radius 3 is 1.86 bits per heavy atom. The Balaban J connectivity index is 1.77. The smallest absolute Gasteiger partial charge is 0.261 e. The van der Waals surface area contributed by atoms with Crippen molar-refractivity contribution in [3.8, 4) is 0 Å². The molecule has 0 bridgehead atoms. The molecule has 0 saturated carbocycles. The molecule has 5 heteroatoms. The van der Waals surface area contributed by atoms with Gasteiger partial charge in [-0.15, -0.1) is 0 Å². The predicted octanol–water partition coefficient (Wildman–Crippen LogP) is 3.52. The largest absolute Gasteiger partial charge is 0.311 e. The van der Waals surface area contributed by atoms with Crippen LogP contribution in [0.3, 0.4) is 0 Å². The van der Waals surface area contributed by atoms with E-state index in [0.29, 0.717) is 11.1 Å². The molecule has 0 aromatic heterocycles. The molecule has 0 unspecified atom stereocenters. The minimum Gasteiger partial charge on any atom is -0.311 e. The molecule has 2 aliphatic heterocycles. The number of anilines is 3. The van der Waals surface area contributed by atoms with Crippen LogP contribution in [0.25, 0.3) is 0 Å². The second-order valence-electron chi connectivity index (χ2n) is 7.89. The summed E-state index contributed by atoms with van der Waals surface area (Å²) in [7, 11) is -0.302. The SMILES string of the molecule is CN1C(=O)c2ccc(N3c4ccccc4[Si](C)(C)c4ccccc43)cc2C1=O. The summed E-state index contributed by atoms with van der Waals surface area (Å²) in [6.07, 6.45) is 0. The number of carbonyl (C=O) groups is 2. The zero-order valence-corrected chi connectivity index (χ0v) is 17.1. The van der Waals surface area contributed by atoms with Crippen LogP contribution in [0.5, 0.6) is 0 Å². The van der Waals surface area contributed by atoms with E-state index in [1.165, 1.54) is 22.3 Å². The number of carbonyl (C=O) groups excluding carboxylic acids is 2. The van der Waals surface area contributed by atoms with Crippen molar-refractivity contribution in [2.45, 2.75) is 13.1 Å². The van der Waals surface area contributed by atoms with Crippen LogP contribution in [-0.4, -0.2) is 31.8 Å². The lowest BCUT2D eigenvalue weighted by Gasteiger charge is -2.41. The van der Waals surface area contributed by atoms with Crippen LogP contribution in [0.1, 0.15) is 20.7 Å². The summed E-state index contributed by atoms with van der Waals surface area (Å²) in [6, 6.07) is 22.6. The first-order chi connectivity index (χ1) is 13.4. The minimum atomic E-state index is -1.83. The van der Waals surface area contributed by atoms with Crippen molar-refractivity contribution in [1.29, 1.82) is 0 Å². The monoisotopic (exact) mass is 384 g/mol. The second kappa shape index (κ2) is 5.66. The maximum Gasteiger partial charge on any atom is 0.261 e. The van der Waals surface area contributed by atoms with E-state index in [-0.39, 0.29) is 11.8 Å². The van der Waals surface area contributed by atoms with Gasteiger partial charge in [-0.25, -0.2) is 0 Å². The van der Waals surface area contributed by atoms with E-state index in [0.717, 1.165) is 17.1 Å². The number of fused-ring (bicyclic) bond motifs is 3. The molecular formula is C23H20N2O2Si. The lowest BCUT2D eigenvalue weighted by molar-refractivity contribution is 0.0693. The number of benzene rings is 3. The lowest BCUT2D eigenvalue weighted by Crippen LogP contribution is -2.58. The fourth-order valence-electron chi connectivity index (χ4n) is 4.44. The first-order valence-corrected chi connectivity index (χ1v) is 12.4. The standard InChI is InChI=1S/C23H20N2O2Si/c1-24-22(26)16-13-12-15(14-17(16)23(24)27)25-18-8-4-6-10-20(18)28(2,3)21-11-7-5-9-19(21)25/h4-14H,1-3H3. The van der Waals surface area contributed by atoms with Crippen LogP contribution in [0.15, 0.2) is 66.7 Å². The van der Waals surface area contributed by atoms with Gasteiger partial charge in [-0.2, -0.15) is 0 Å². The Morgan fingerprint density at radius 1 is 0.714 bits per heavy atom. The molecule has 28 heavy (non-hydrogen) atoms. The first-order valence-electron chi connectivity index (χ1n) is 9.37. The van der Waals surface area contributed by atoms with E-state index in [1.807, 2.05) is 12.1 Å². The molecule has 0 aliphatic carbocycles. The highest BCUT2D eigenvalue weighted by atomic mass is 28.3. The van der Waals surface area contributed by atoms with Gasteiger partial charge in [0.05, 0.1) is 11.1 Å². The maximum absolute atomic E-state index is 12.5. The third-order valence-electron chi connectivity index (χ3n) is 5.97. The number of rotatable bonds is 1. The molecule has 138 valence electrons. The fourth-order valence-corrected chi connectivity index (χ4v) is 7.42. The summed E-state index contributed by atoms with van der Waals surface area (Å²) in [5.41, 5.74) is 4.16. The first kappa shape index (κ1) is 17.0. The Hall–Kier alpha value is -3.18. The Morgan fingerprint density at radius 2 is 1.25 bits per heavy atom. The van der Waals surface area contributed by atoms with Gasteiger partial charge in [0.1, 0.15) is 8.07 Å². The van der Waals surface area contributed by atoms with Gasteiger partial charge in [0, 0.05) is 24.1 Å². The molecular weight excluding hydrogens is 364 g/mol. The van der Waals surface area contributed by atoms with Crippen molar-refractivity contribution in [2.24, 2.45) is 0 Å². The highest BCUT2D eigenvalue weighted by Crippen LogP contribution is 2.39. The summed E-state index contributed by atoms with van der Waals surface area (Å²) in [5.74, 6) is -0.477. The van der Waals surface area contributed by atoms with Gasteiger partial charge < -0.3 is 4.90 Å². The van der Waals surface area contributed by atoms with E-state index < -0.39 is 8.07 Å². The zero-order chi connectivity index (χ0) is 19.6. The van der Waals surface area contributed by atoms with Gasteiger partial charge in [0.25, 0.3) is 11.8 Å². The molecule has 2 heterocycles. The molecule has 3 aromatic carbocycles. The van der Waals surface area contributed by atoms with Crippen LogP contribution in [0.4, 0.5) is 17.1 Å². The molecule has 5 rings (SSSR count). The maximum atomic E-state index is 12.5. The van der Waals surface area contributed by atoms with Gasteiger partial charge in [0.15, 0.2) is 0 Å². The molecule has 0 N–H and O–H groups in total. The average molecular weight is 385 g/mol. The van der Waals surface area contributed by atoms with E-state index in [9.17, 15) is 9.59 Å². The average Bonchev–Trinajstić information content (AvgIpc) is 2.92. The van der Waals surface area contributed by atoms with Gasteiger partial charge in [-0.3, -0.25) is 14.5 Å². The number of hydrogen-bond donors (Lipinski definition) is 0. The summed E-state index contributed by atoms with van der Waals surface area (Å²) in [6.45, 7) is 4.75. The molecule has 0 radical (unpaired) electrons. The summed E-state index contributed by atoms with van der Waals surface area (Å²) in [5, 5.41) is 2.74. The van der Waals surface area contributed by atoms with Crippen LogP contribution in [-0.2, 0) is 0 Å². The normalized spacial score (nSPS) is 16.7. The number of amides is 2. The second-order valence-corrected chi connectivity index (χ2v) is 12.2. The van der Waals surface area contributed by atoms with E-state index in [4.69, 9.17) is 0 Å². The van der Waals surface area contributed by atoms with Gasteiger partial charge in [-0.05, 0) is 40.7 Å². The van der Waals surface area contributed by atoms with Crippen LogP contribution in [0.2, 0.25) is 13.1 Å². The fraction of sp³-hybridized carbons (Fsp3) is 0.130. The number of hydrogen-bond acceptors (Lipinski definition) is 3. The summed E-state index contributed by atoms with van der Waals surface area (Å²) < 4.78 is 0. The van der Waals surface area contributed by atoms with Crippen molar-refractivity contribution < 1.29 is 9.59 Å². The molecule has 3 aromatic rings. The Bertz CT molecular complexity index is 1120. The third kappa shape index (κ3) is 2.11. The topological polar surface area (TPSA) is 40.6 Å². The molecule has 0 saturated heterocycles. The minimum absolute atomic E-state index is 0.237. The van der Waals surface area contributed by atoms with E-state index >= 15 is 0 Å². The molecule has 2 aliphatic rings. The van der Waals surface area contributed by atoms with Crippen molar-refractivity contribution in [2.75, 3.05) is 11.9 Å². The Labute approximate surface area is 165 Å². The number of imide groups is 1. The highest BCUT2D eigenvalue weighted by Gasteiger charge is 2.39. The van der Waals surface area contributed by atoms with E-state index in [1.54, 1.807) is 6.07 Å². The van der Waals surface area contributed by atoms with E-state index in [2.05, 4.69) is 66.5 Å². The van der Waals surface area contributed by atoms with Gasteiger partial charge in [0.2, 0.25) is 0 Å². The van der Waals surface area contributed by atoms with Gasteiger partial charge in [-0.1, -0.05) is 49.5 Å². The lowest BCUT2D eigenvalue weighted by atomic mass is 10.1. The van der Waals surface area contributed by atoms with Crippen molar-refractivity contribution >= 4 is 47.3 Å². The zero-order valence-electron chi connectivity index (χ0n) is 16.1. The van der Waals surface area contributed by atoms with Gasteiger partial charge >= 0.3 is 0 Å². The molecule has 4 nitrogen and oxygen atoms in total. The predicted molar refractivity (Wildman–Crippen MR) is 114 cm³/mol. The summed E-state index contributed by atoms with van der Waals surface area (Å²) >= 11 is 0. The number of para-hydroxylation sites is 2. The highest BCUT2D eigenvalue weighted by molar-refractivity contribution is 7.02. The van der Waals surface area contributed by atoms with Crippen LogP contribution >= 0.6 is 0 Å². The molecule has 2 amide bonds. The van der Waals surface area contributed by atoms with Crippen molar-refractivity contribution in [3.05, 3.63) is 77.9 Å². The van der Waals surface area contributed by atoms with Crippen LogP contribution in [0, 0.1) is 0 Å². The van der Waals surface area contributed by atoms with Crippen molar-refractivity contribution in [1.82, 2.24) is 4.90 Å². The summed E-state index contributed by atoms with van der Waals surface area (Å²) in [4.78, 5) is 28.2. The third-order valence-corrected chi connectivity index (χ3v) is 9.51. The number of nitrogens with zero attached hydrogens (tertiary/aromatic N) is 2. The molecule has 0 spiro atoms. The van der Waals surface area contributed by atoms with Crippen LogP contribution < -0.4 is 15.3 Å².